The number of aromatic amines is 1. The maximum atomic E-state index is 12.5. The van der Waals surface area contributed by atoms with Crippen molar-refractivity contribution >= 4 is 22.6 Å². The molecule has 0 saturated carbocycles. The van der Waals surface area contributed by atoms with Crippen LogP contribution < -0.4 is 4.90 Å². The standard InChI is InChI=1S/C32H43N7O/c1-7-15-36(6)29(40)22-39-21-26(33-23(39)2)20-37-16-18-38(19-17-37)28-10-8-9-27-30(28)35-31(34-27)24-11-13-25(14-12-24)32(3,4)5/h8-14,21H,7,15-20,22H2,1-6H3,(H,34,35). The van der Waals surface area contributed by atoms with Crippen molar-refractivity contribution in [1.82, 2.24) is 29.3 Å². The maximum Gasteiger partial charge on any atom is 0.242 e. The van der Waals surface area contributed by atoms with Gasteiger partial charge in [-0.25, -0.2) is 9.97 Å². The zero-order chi connectivity index (χ0) is 28.4. The Labute approximate surface area is 238 Å². The van der Waals surface area contributed by atoms with Gasteiger partial charge in [-0.3, -0.25) is 9.69 Å². The number of imidazole rings is 2. The molecule has 4 aromatic rings. The third-order valence-corrected chi connectivity index (χ3v) is 7.93. The molecule has 1 fully saturated rings. The number of para-hydroxylation sites is 1. The molecule has 0 spiro atoms. The van der Waals surface area contributed by atoms with Crippen LogP contribution in [0.1, 0.15) is 51.2 Å². The molecule has 1 saturated heterocycles. The Kier molecular flexibility index (Phi) is 7.99. The van der Waals surface area contributed by atoms with E-state index < -0.39 is 0 Å². The second kappa shape index (κ2) is 11.5. The Balaban J connectivity index is 1.23. The maximum absolute atomic E-state index is 12.5. The fourth-order valence-electron chi connectivity index (χ4n) is 5.45. The zero-order valence-corrected chi connectivity index (χ0v) is 24.9. The van der Waals surface area contributed by atoms with Crippen LogP contribution in [0.25, 0.3) is 22.4 Å². The summed E-state index contributed by atoms with van der Waals surface area (Å²) < 4.78 is 1.98. The van der Waals surface area contributed by atoms with Crippen molar-refractivity contribution in [3.05, 3.63) is 65.7 Å². The molecule has 8 heteroatoms. The van der Waals surface area contributed by atoms with E-state index in [-0.39, 0.29) is 11.3 Å². The van der Waals surface area contributed by atoms with Crippen LogP contribution in [0.4, 0.5) is 5.69 Å². The molecule has 8 nitrogen and oxygen atoms in total. The molecule has 5 rings (SSSR count). The largest absolute Gasteiger partial charge is 0.367 e. The van der Waals surface area contributed by atoms with Crippen LogP contribution in [0.5, 0.6) is 0 Å². The smallest absolute Gasteiger partial charge is 0.242 e. The van der Waals surface area contributed by atoms with Crippen molar-refractivity contribution < 1.29 is 4.79 Å². The van der Waals surface area contributed by atoms with Crippen LogP contribution in [0.15, 0.2) is 48.7 Å². The second-order valence-electron chi connectivity index (χ2n) is 12.1. The Bertz CT molecular complexity index is 1450. The molecule has 2 aromatic heterocycles. The number of hydrogen-bond donors (Lipinski definition) is 1. The molecule has 3 heterocycles. The first kappa shape index (κ1) is 27.9. The van der Waals surface area contributed by atoms with Gasteiger partial charge in [0.25, 0.3) is 0 Å². The minimum Gasteiger partial charge on any atom is -0.367 e. The van der Waals surface area contributed by atoms with E-state index in [1.54, 1.807) is 4.90 Å². The van der Waals surface area contributed by atoms with E-state index in [1.165, 1.54) is 11.3 Å². The number of rotatable bonds is 8. The molecule has 212 valence electrons. The average Bonchev–Trinajstić information content (AvgIpc) is 3.52. The minimum absolute atomic E-state index is 0.125. The predicted molar refractivity (Wildman–Crippen MR) is 163 cm³/mol. The Morgan fingerprint density at radius 2 is 1.75 bits per heavy atom. The van der Waals surface area contributed by atoms with Crippen LogP contribution in [0, 0.1) is 6.92 Å². The van der Waals surface area contributed by atoms with E-state index >= 15 is 0 Å². The van der Waals surface area contributed by atoms with E-state index in [0.717, 1.165) is 79.6 Å². The van der Waals surface area contributed by atoms with Crippen molar-refractivity contribution in [2.45, 2.75) is 59.5 Å². The van der Waals surface area contributed by atoms with Crippen molar-refractivity contribution in [2.24, 2.45) is 0 Å². The first-order chi connectivity index (χ1) is 19.1. The summed E-state index contributed by atoms with van der Waals surface area (Å²) in [6.45, 7) is 16.5. The topological polar surface area (TPSA) is 73.3 Å². The predicted octanol–water partition coefficient (Wildman–Crippen LogP) is 5.22. The third-order valence-electron chi connectivity index (χ3n) is 7.93. The highest BCUT2D eigenvalue weighted by molar-refractivity contribution is 5.91. The number of nitrogens with zero attached hydrogens (tertiary/aromatic N) is 6. The highest BCUT2D eigenvalue weighted by Gasteiger charge is 2.22. The molecule has 40 heavy (non-hydrogen) atoms. The molecule has 0 bridgehead atoms. The lowest BCUT2D eigenvalue weighted by atomic mass is 9.87. The van der Waals surface area contributed by atoms with Gasteiger partial charge in [0.2, 0.25) is 5.91 Å². The number of amides is 1. The van der Waals surface area contributed by atoms with E-state index in [4.69, 9.17) is 9.97 Å². The van der Waals surface area contributed by atoms with Gasteiger partial charge >= 0.3 is 0 Å². The van der Waals surface area contributed by atoms with E-state index in [2.05, 4.69) is 84.9 Å². The number of anilines is 1. The van der Waals surface area contributed by atoms with Crippen LogP contribution in [-0.4, -0.2) is 75.0 Å². The number of H-pyrrole nitrogens is 1. The molecule has 0 atom stereocenters. The Morgan fingerprint density at radius 1 is 1.02 bits per heavy atom. The third kappa shape index (κ3) is 6.07. The number of nitrogens with one attached hydrogen (secondary N) is 1. The summed E-state index contributed by atoms with van der Waals surface area (Å²) in [6, 6.07) is 15.1. The van der Waals surface area contributed by atoms with Gasteiger partial charge in [0.1, 0.15) is 23.7 Å². The number of likely N-dealkylation sites (N-methyl/N-ethyl adjacent to an activating group) is 1. The molecule has 0 aliphatic carbocycles. The van der Waals surface area contributed by atoms with E-state index in [1.807, 2.05) is 24.7 Å². The van der Waals surface area contributed by atoms with Crippen molar-refractivity contribution in [2.75, 3.05) is 44.7 Å². The van der Waals surface area contributed by atoms with E-state index in [0.29, 0.717) is 6.54 Å². The zero-order valence-electron chi connectivity index (χ0n) is 24.9. The fraction of sp³-hybridized carbons (Fsp3) is 0.469. The summed E-state index contributed by atoms with van der Waals surface area (Å²) in [4.78, 5) is 32.5. The van der Waals surface area contributed by atoms with Gasteiger partial charge in [-0.1, -0.05) is 58.0 Å². The van der Waals surface area contributed by atoms with Crippen LogP contribution in [-0.2, 0) is 23.3 Å². The monoisotopic (exact) mass is 541 g/mol. The first-order valence-corrected chi connectivity index (χ1v) is 14.5. The summed E-state index contributed by atoms with van der Waals surface area (Å²) in [5, 5.41) is 0. The Hall–Kier alpha value is -3.65. The fourth-order valence-corrected chi connectivity index (χ4v) is 5.45. The van der Waals surface area contributed by atoms with Gasteiger partial charge in [0, 0.05) is 58.1 Å². The SMILES string of the molecule is CCCN(C)C(=O)Cn1cc(CN2CCN(c3cccc4[nH]c(-c5ccc(C(C)(C)C)cc5)nc34)CC2)nc1C. The minimum atomic E-state index is 0.125. The number of fused-ring (bicyclic) bond motifs is 1. The molecule has 1 aliphatic heterocycles. The highest BCUT2D eigenvalue weighted by Crippen LogP contribution is 2.30. The summed E-state index contributed by atoms with van der Waals surface area (Å²) in [6.07, 6.45) is 3.00. The molecule has 1 N–H and O–H groups in total. The normalized spacial score (nSPS) is 14.7. The molecular formula is C32H43N7O. The lowest BCUT2D eigenvalue weighted by Crippen LogP contribution is -2.46. The number of carbonyl (C=O) groups excluding carboxylic acids is 1. The lowest BCUT2D eigenvalue weighted by Gasteiger charge is -2.35. The van der Waals surface area contributed by atoms with Crippen LogP contribution in [0.2, 0.25) is 0 Å². The summed E-state index contributed by atoms with van der Waals surface area (Å²) in [5.41, 5.74) is 6.85. The lowest BCUT2D eigenvalue weighted by molar-refractivity contribution is -0.130. The molecule has 0 radical (unpaired) electrons. The number of hydrogen-bond acceptors (Lipinski definition) is 5. The van der Waals surface area contributed by atoms with E-state index in [9.17, 15) is 4.79 Å². The second-order valence-corrected chi connectivity index (χ2v) is 12.1. The summed E-state index contributed by atoms with van der Waals surface area (Å²) >= 11 is 0. The summed E-state index contributed by atoms with van der Waals surface area (Å²) in [5.74, 6) is 1.92. The molecule has 1 amide bonds. The Morgan fingerprint density at radius 3 is 2.42 bits per heavy atom. The number of benzene rings is 2. The first-order valence-electron chi connectivity index (χ1n) is 14.5. The van der Waals surface area contributed by atoms with Gasteiger partial charge in [0.05, 0.1) is 16.9 Å². The van der Waals surface area contributed by atoms with Gasteiger partial charge < -0.3 is 19.4 Å². The van der Waals surface area contributed by atoms with Gasteiger partial charge in [-0.2, -0.15) is 0 Å². The van der Waals surface area contributed by atoms with Gasteiger partial charge in [-0.05, 0) is 36.5 Å². The quantitative estimate of drug-likeness (QED) is 0.331. The molecule has 0 unspecified atom stereocenters. The van der Waals surface area contributed by atoms with Gasteiger partial charge in [0.15, 0.2) is 0 Å². The summed E-state index contributed by atoms with van der Waals surface area (Å²) in [7, 11) is 1.87. The molecule has 2 aromatic carbocycles. The average molecular weight is 542 g/mol. The number of aryl methyl sites for hydroxylation is 1. The molecular weight excluding hydrogens is 498 g/mol. The van der Waals surface area contributed by atoms with Crippen molar-refractivity contribution in [3.63, 3.8) is 0 Å². The van der Waals surface area contributed by atoms with Crippen LogP contribution >= 0.6 is 0 Å². The van der Waals surface area contributed by atoms with Crippen LogP contribution in [0.3, 0.4) is 0 Å². The van der Waals surface area contributed by atoms with Gasteiger partial charge in [-0.15, -0.1) is 0 Å². The van der Waals surface area contributed by atoms with Crippen molar-refractivity contribution in [3.8, 4) is 11.4 Å². The number of piperazine rings is 1. The molecule has 1 aliphatic rings. The number of carbonyl (C=O) groups is 1. The van der Waals surface area contributed by atoms with Crippen molar-refractivity contribution in [1.29, 1.82) is 0 Å². The highest BCUT2D eigenvalue weighted by atomic mass is 16.2. The number of aromatic nitrogens is 4.